The smallest absolute Gasteiger partial charge is 0.410 e. The molecule has 1 atom stereocenters. The summed E-state index contributed by atoms with van der Waals surface area (Å²) in [6, 6.07) is 7.24. The van der Waals surface area contributed by atoms with Crippen molar-refractivity contribution in [2.75, 3.05) is 11.9 Å². The minimum Gasteiger partial charge on any atom is -0.489 e. The molecule has 2 aromatic heterocycles. The first-order chi connectivity index (χ1) is 16.3. The number of hydrogen-bond acceptors (Lipinski definition) is 7. The summed E-state index contributed by atoms with van der Waals surface area (Å²) in [7, 11) is 0. The Morgan fingerprint density at radius 3 is 2.54 bits per heavy atom. The molecule has 1 aromatic carbocycles. The first-order valence-electron chi connectivity index (χ1n) is 11.3. The summed E-state index contributed by atoms with van der Waals surface area (Å²) in [6.45, 7) is 11.8. The molecule has 0 saturated carbocycles. The first-order valence-corrected chi connectivity index (χ1v) is 12.2. The molecule has 2 amide bonds. The molecule has 1 unspecified atom stereocenters. The van der Waals surface area contributed by atoms with Crippen LogP contribution in [0.15, 0.2) is 36.0 Å². The molecule has 0 saturated heterocycles. The van der Waals surface area contributed by atoms with Crippen molar-refractivity contribution < 1.29 is 24.2 Å². The number of nitrogens with one attached hydrogen (secondary N) is 2. The van der Waals surface area contributed by atoms with Crippen molar-refractivity contribution in [3.63, 3.8) is 0 Å². The summed E-state index contributed by atoms with van der Waals surface area (Å²) in [5.41, 5.74) is 2.88. The molecule has 0 fully saturated rings. The number of benzene rings is 1. The minimum absolute atomic E-state index is 0.234. The van der Waals surface area contributed by atoms with Crippen LogP contribution in [0.2, 0.25) is 0 Å². The zero-order valence-corrected chi connectivity index (χ0v) is 21.7. The van der Waals surface area contributed by atoms with Gasteiger partial charge in [-0.05, 0) is 69.9 Å². The van der Waals surface area contributed by atoms with Gasteiger partial charge in [0.2, 0.25) is 0 Å². The third kappa shape index (κ3) is 7.29. The standard InChI is InChI=1S/C25H32N4O5S/c1-15(2)12-25(6,29-23(32)34-24(3,4)5)13-33-18-8-7-17(21-20(18)27-14-35-21)16-9-10-26-19(11-16)28-22(30)31/h7-11,14-15H,12-13H2,1-6H3,(H,26,28)(H,29,32)(H,30,31). The Bertz CT molecular complexity index is 1200. The maximum atomic E-state index is 12.5. The van der Waals surface area contributed by atoms with Crippen LogP contribution in [0.25, 0.3) is 21.3 Å². The quantitative estimate of drug-likeness (QED) is 0.339. The number of carboxylic acid groups (broad SMARTS) is 1. The molecule has 0 aliphatic heterocycles. The molecule has 0 aliphatic carbocycles. The zero-order valence-electron chi connectivity index (χ0n) is 20.8. The van der Waals surface area contributed by atoms with Crippen LogP contribution in [0, 0.1) is 5.92 Å². The van der Waals surface area contributed by atoms with Gasteiger partial charge in [-0.2, -0.15) is 0 Å². The second kappa shape index (κ2) is 10.5. The van der Waals surface area contributed by atoms with Gasteiger partial charge in [0, 0.05) is 11.8 Å². The number of aromatic nitrogens is 2. The summed E-state index contributed by atoms with van der Waals surface area (Å²) in [5, 5.41) is 14.2. The average molecular weight is 501 g/mol. The second-order valence-corrected chi connectivity index (χ2v) is 10.9. The third-order valence-electron chi connectivity index (χ3n) is 4.96. The Balaban J connectivity index is 1.85. The first kappa shape index (κ1) is 26.2. The number of fused-ring (bicyclic) bond motifs is 1. The van der Waals surface area contributed by atoms with Crippen molar-refractivity contribution >= 4 is 39.6 Å². The molecule has 2 heterocycles. The van der Waals surface area contributed by atoms with E-state index in [2.05, 4.69) is 34.4 Å². The van der Waals surface area contributed by atoms with Crippen LogP contribution < -0.4 is 15.4 Å². The molecule has 3 aromatic rings. The fraction of sp³-hybridized carbons (Fsp3) is 0.440. The number of nitrogens with zero attached hydrogens (tertiary/aromatic N) is 2. The molecule has 3 N–H and O–H groups in total. The van der Waals surface area contributed by atoms with Crippen molar-refractivity contribution in [3.05, 3.63) is 36.0 Å². The molecule has 188 valence electrons. The van der Waals surface area contributed by atoms with Crippen molar-refractivity contribution in [1.82, 2.24) is 15.3 Å². The molecule has 9 nitrogen and oxygen atoms in total. The Hall–Kier alpha value is -3.40. The van der Waals surface area contributed by atoms with Gasteiger partial charge in [0.25, 0.3) is 0 Å². The Morgan fingerprint density at radius 2 is 1.89 bits per heavy atom. The van der Waals surface area contributed by atoms with Crippen LogP contribution in [0.4, 0.5) is 15.4 Å². The fourth-order valence-corrected chi connectivity index (χ4v) is 4.72. The highest BCUT2D eigenvalue weighted by Crippen LogP contribution is 2.37. The van der Waals surface area contributed by atoms with Crippen LogP contribution >= 0.6 is 11.3 Å². The number of amides is 2. The van der Waals surface area contributed by atoms with Crippen molar-refractivity contribution in [3.8, 4) is 16.9 Å². The maximum Gasteiger partial charge on any atom is 0.410 e. The summed E-state index contributed by atoms with van der Waals surface area (Å²) in [4.78, 5) is 32.0. The predicted molar refractivity (Wildman–Crippen MR) is 137 cm³/mol. The number of ether oxygens (including phenoxy) is 2. The van der Waals surface area contributed by atoms with Gasteiger partial charge in [-0.3, -0.25) is 5.32 Å². The lowest BCUT2D eigenvalue weighted by molar-refractivity contribution is 0.0408. The van der Waals surface area contributed by atoms with Crippen molar-refractivity contribution in [2.24, 2.45) is 5.92 Å². The van der Waals surface area contributed by atoms with E-state index in [0.29, 0.717) is 23.6 Å². The number of rotatable bonds is 8. The van der Waals surface area contributed by atoms with E-state index >= 15 is 0 Å². The number of alkyl carbamates (subject to hydrolysis) is 1. The second-order valence-electron chi connectivity index (χ2n) is 10.1. The van der Waals surface area contributed by atoms with Gasteiger partial charge >= 0.3 is 12.2 Å². The molecular formula is C25H32N4O5S. The summed E-state index contributed by atoms with van der Waals surface area (Å²) in [5.74, 6) is 1.16. The predicted octanol–water partition coefficient (Wildman–Crippen LogP) is 6.16. The molecular weight excluding hydrogens is 468 g/mol. The fourth-order valence-electron chi connectivity index (χ4n) is 3.88. The van der Waals surface area contributed by atoms with Crippen molar-refractivity contribution in [2.45, 2.75) is 59.1 Å². The SMILES string of the molecule is CC(C)CC(C)(COc1ccc(-c2ccnc(NC(=O)O)c2)c2scnc12)NC(=O)OC(C)(C)C. The van der Waals surface area contributed by atoms with Gasteiger partial charge in [-0.15, -0.1) is 11.3 Å². The molecule has 0 bridgehead atoms. The molecule has 35 heavy (non-hydrogen) atoms. The summed E-state index contributed by atoms with van der Waals surface area (Å²) < 4.78 is 12.6. The van der Waals surface area contributed by atoms with E-state index in [4.69, 9.17) is 14.6 Å². The van der Waals surface area contributed by atoms with Crippen molar-refractivity contribution in [1.29, 1.82) is 0 Å². The Kier molecular flexibility index (Phi) is 7.84. The van der Waals surface area contributed by atoms with E-state index in [0.717, 1.165) is 15.8 Å². The normalized spacial score (nSPS) is 13.3. The highest BCUT2D eigenvalue weighted by Gasteiger charge is 2.31. The molecule has 0 spiro atoms. The van der Waals surface area contributed by atoms with Gasteiger partial charge in [-0.1, -0.05) is 13.8 Å². The van der Waals surface area contributed by atoms with E-state index in [-0.39, 0.29) is 12.4 Å². The van der Waals surface area contributed by atoms with E-state index in [9.17, 15) is 9.59 Å². The van der Waals surface area contributed by atoms with Crippen LogP contribution in [-0.2, 0) is 4.74 Å². The Labute approximate surface area is 208 Å². The van der Waals surface area contributed by atoms with Crippen LogP contribution in [0.1, 0.15) is 48.0 Å². The van der Waals surface area contributed by atoms with E-state index in [1.807, 2.05) is 45.9 Å². The lowest BCUT2D eigenvalue weighted by Crippen LogP contribution is -2.52. The lowest BCUT2D eigenvalue weighted by atomic mass is 9.91. The number of pyridine rings is 1. The van der Waals surface area contributed by atoms with E-state index in [1.54, 1.807) is 17.8 Å². The minimum atomic E-state index is -1.18. The molecule has 3 rings (SSSR count). The van der Waals surface area contributed by atoms with Crippen LogP contribution in [0.3, 0.4) is 0 Å². The van der Waals surface area contributed by atoms with Crippen LogP contribution in [0.5, 0.6) is 5.75 Å². The van der Waals surface area contributed by atoms with Gasteiger partial charge in [0.05, 0.1) is 15.7 Å². The van der Waals surface area contributed by atoms with E-state index in [1.165, 1.54) is 11.3 Å². The third-order valence-corrected chi connectivity index (χ3v) is 5.82. The number of carbonyl (C=O) groups excluding carboxylic acids is 1. The molecule has 10 heteroatoms. The van der Waals surface area contributed by atoms with E-state index < -0.39 is 23.3 Å². The lowest BCUT2D eigenvalue weighted by Gasteiger charge is -2.33. The number of thiazole rings is 1. The van der Waals surface area contributed by atoms with Gasteiger partial charge in [0.15, 0.2) is 0 Å². The summed E-state index contributed by atoms with van der Waals surface area (Å²) >= 11 is 1.47. The average Bonchev–Trinajstić information content (AvgIpc) is 3.19. The number of hydrogen-bond donors (Lipinski definition) is 3. The zero-order chi connectivity index (χ0) is 25.8. The van der Waals surface area contributed by atoms with Gasteiger partial charge < -0.3 is 19.9 Å². The maximum absolute atomic E-state index is 12.5. The monoisotopic (exact) mass is 500 g/mol. The Morgan fingerprint density at radius 1 is 1.14 bits per heavy atom. The van der Waals surface area contributed by atoms with Crippen LogP contribution in [-0.4, -0.2) is 45.0 Å². The number of carbonyl (C=O) groups is 2. The van der Waals surface area contributed by atoms with Gasteiger partial charge in [-0.25, -0.2) is 19.6 Å². The highest BCUT2D eigenvalue weighted by atomic mass is 32.1. The summed E-state index contributed by atoms with van der Waals surface area (Å²) in [6.07, 6.45) is 0.589. The highest BCUT2D eigenvalue weighted by molar-refractivity contribution is 7.17. The van der Waals surface area contributed by atoms with Gasteiger partial charge in [0.1, 0.15) is 29.3 Å². The largest absolute Gasteiger partial charge is 0.489 e. The molecule has 0 aliphatic rings. The topological polar surface area (TPSA) is 123 Å². The number of anilines is 1. The molecule has 0 radical (unpaired) electrons.